The number of hydrogen-bond acceptors (Lipinski definition) is 3. The minimum Gasteiger partial charge on any atom is -0.357 e. The minimum absolute atomic E-state index is 0. The fourth-order valence-electron chi connectivity index (χ4n) is 4.00. The van der Waals surface area contributed by atoms with Crippen LogP contribution in [-0.4, -0.2) is 56.5 Å². The summed E-state index contributed by atoms with van der Waals surface area (Å²) >= 11 is 0. The Hall–Kier alpha value is -1.35. The monoisotopic (exact) mass is 515 g/mol. The van der Waals surface area contributed by atoms with Crippen molar-refractivity contribution < 1.29 is 4.79 Å². The molecule has 1 aromatic carbocycles. The Kier molecular flexibility index (Phi) is 11.6. The number of nitrogens with one attached hydrogen (secondary N) is 3. The summed E-state index contributed by atoms with van der Waals surface area (Å²) in [5.41, 5.74) is 2.11. The highest BCUT2D eigenvalue weighted by Crippen LogP contribution is 2.31. The number of carbonyl (C=O) groups excluding carboxylic acids is 1. The van der Waals surface area contributed by atoms with E-state index < -0.39 is 0 Å². The van der Waals surface area contributed by atoms with Crippen LogP contribution in [0.1, 0.15) is 51.5 Å². The summed E-state index contributed by atoms with van der Waals surface area (Å²) in [5, 5.41) is 9.77. The maximum absolute atomic E-state index is 12.0. The third-order valence-electron chi connectivity index (χ3n) is 5.66. The lowest BCUT2D eigenvalue weighted by Crippen LogP contribution is -2.43. The van der Waals surface area contributed by atoms with E-state index in [-0.39, 0.29) is 35.8 Å². The van der Waals surface area contributed by atoms with Crippen LogP contribution in [0.3, 0.4) is 0 Å². The zero-order chi connectivity index (χ0) is 20.5. The van der Waals surface area contributed by atoms with Crippen molar-refractivity contribution in [2.75, 3.05) is 39.0 Å². The van der Waals surface area contributed by atoms with Crippen LogP contribution < -0.4 is 16.0 Å². The Bertz CT molecular complexity index is 660. The van der Waals surface area contributed by atoms with Gasteiger partial charge in [-0.1, -0.05) is 44.9 Å². The van der Waals surface area contributed by atoms with Crippen molar-refractivity contribution >= 4 is 41.5 Å². The number of likely N-dealkylation sites (N-methyl/N-ethyl adjacent to an activating group) is 1. The molecule has 1 amide bonds. The molecule has 2 atom stereocenters. The number of anilines is 1. The maximum Gasteiger partial charge on any atom is 0.225 e. The zero-order valence-corrected chi connectivity index (χ0v) is 20.8. The van der Waals surface area contributed by atoms with E-state index in [1.54, 1.807) is 0 Å². The first-order valence-electron chi connectivity index (χ1n) is 10.6. The number of rotatable bonds is 9. The van der Waals surface area contributed by atoms with Gasteiger partial charge in [0.25, 0.3) is 0 Å². The molecule has 0 bridgehead atoms. The van der Waals surface area contributed by atoms with E-state index in [0.717, 1.165) is 37.6 Å². The summed E-state index contributed by atoms with van der Waals surface area (Å²) in [6.07, 6.45) is 2.82. The number of benzene rings is 1. The van der Waals surface area contributed by atoms with E-state index in [4.69, 9.17) is 4.99 Å². The molecule has 0 aromatic heterocycles. The van der Waals surface area contributed by atoms with Crippen molar-refractivity contribution in [3.8, 4) is 0 Å². The quantitative estimate of drug-likeness (QED) is 0.267. The van der Waals surface area contributed by atoms with Gasteiger partial charge >= 0.3 is 0 Å². The van der Waals surface area contributed by atoms with Gasteiger partial charge in [-0.25, -0.2) is 0 Å². The molecule has 0 saturated carbocycles. The number of nitrogens with zero attached hydrogens (tertiary/aromatic N) is 2. The molecule has 0 radical (unpaired) electrons. The number of para-hydroxylation sites is 1. The van der Waals surface area contributed by atoms with Crippen molar-refractivity contribution in [1.82, 2.24) is 15.5 Å². The first kappa shape index (κ1) is 25.7. The van der Waals surface area contributed by atoms with Crippen molar-refractivity contribution in [3.05, 3.63) is 29.8 Å². The summed E-state index contributed by atoms with van der Waals surface area (Å²) in [6, 6.07) is 8.47. The third kappa shape index (κ3) is 7.44. The van der Waals surface area contributed by atoms with E-state index in [1.807, 2.05) is 18.2 Å². The molecule has 6 nitrogen and oxygen atoms in total. The standard InChI is InChI=1S/C22H37N5O.HI/c1-6-16(7-2)20(27(4)5)15-25-22(23-8-3)24-14-17-13-21(28)26-19-12-10-9-11-18(17)19;/h9-12,16-17,20H,6-8,13-15H2,1-5H3,(H,26,28)(H2,23,24,25);1H. The topological polar surface area (TPSA) is 68.8 Å². The maximum atomic E-state index is 12.0. The molecular weight excluding hydrogens is 477 g/mol. The van der Waals surface area contributed by atoms with Crippen LogP contribution in [0.25, 0.3) is 0 Å². The largest absolute Gasteiger partial charge is 0.357 e. The number of fused-ring (bicyclic) bond motifs is 1. The van der Waals surface area contributed by atoms with Crippen molar-refractivity contribution in [1.29, 1.82) is 0 Å². The summed E-state index contributed by atoms with van der Waals surface area (Å²) in [7, 11) is 4.27. The van der Waals surface area contributed by atoms with Crippen molar-refractivity contribution in [2.45, 2.75) is 52.0 Å². The number of carbonyl (C=O) groups is 1. The van der Waals surface area contributed by atoms with Gasteiger partial charge in [0.05, 0.1) is 6.54 Å². The minimum atomic E-state index is 0. The molecule has 1 aliphatic rings. The Morgan fingerprint density at radius 3 is 2.52 bits per heavy atom. The van der Waals surface area contributed by atoms with Gasteiger partial charge in [0, 0.05) is 37.2 Å². The summed E-state index contributed by atoms with van der Waals surface area (Å²) in [5.74, 6) is 1.69. The van der Waals surface area contributed by atoms with E-state index in [1.165, 1.54) is 5.56 Å². The van der Waals surface area contributed by atoms with Crippen molar-refractivity contribution in [2.24, 2.45) is 10.9 Å². The van der Waals surface area contributed by atoms with E-state index in [9.17, 15) is 4.79 Å². The van der Waals surface area contributed by atoms with Crippen molar-refractivity contribution in [3.63, 3.8) is 0 Å². The van der Waals surface area contributed by atoms with Gasteiger partial charge in [0.2, 0.25) is 5.91 Å². The van der Waals surface area contributed by atoms with Crippen LogP contribution in [-0.2, 0) is 4.79 Å². The molecule has 2 unspecified atom stereocenters. The lowest BCUT2D eigenvalue weighted by atomic mass is 9.90. The van der Waals surface area contributed by atoms with Gasteiger partial charge in [-0.3, -0.25) is 9.79 Å². The Balaban J connectivity index is 0.00000420. The first-order valence-corrected chi connectivity index (χ1v) is 10.6. The fraction of sp³-hybridized carbons (Fsp3) is 0.636. The van der Waals surface area contributed by atoms with Gasteiger partial charge in [-0.05, 0) is 38.6 Å². The van der Waals surface area contributed by atoms with Gasteiger partial charge in [-0.2, -0.15) is 0 Å². The van der Waals surface area contributed by atoms with Gasteiger partial charge in [0.1, 0.15) is 0 Å². The number of hydrogen-bond donors (Lipinski definition) is 3. The van der Waals surface area contributed by atoms with E-state index in [0.29, 0.717) is 24.9 Å². The average Bonchev–Trinajstić information content (AvgIpc) is 2.68. The van der Waals surface area contributed by atoms with Gasteiger partial charge in [0.15, 0.2) is 5.96 Å². The Morgan fingerprint density at radius 1 is 1.21 bits per heavy atom. The highest BCUT2D eigenvalue weighted by Gasteiger charge is 2.25. The molecular formula is C22H38IN5O. The lowest BCUT2D eigenvalue weighted by molar-refractivity contribution is -0.116. The summed E-state index contributed by atoms with van der Waals surface area (Å²) in [6.45, 7) is 8.84. The van der Waals surface area contributed by atoms with Gasteiger partial charge in [-0.15, -0.1) is 24.0 Å². The second kappa shape index (κ2) is 13.1. The zero-order valence-electron chi connectivity index (χ0n) is 18.5. The van der Waals surface area contributed by atoms with Crippen LogP contribution in [0.4, 0.5) is 5.69 Å². The third-order valence-corrected chi connectivity index (χ3v) is 5.66. The summed E-state index contributed by atoms with van der Waals surface area (Å²) < 4.78 is 0. The molecule has 1 aliphatic heterocycles. The number of aliphatic imine (C=N–C) groups is 1. The molecule has 164 valence electrons. The first-order chi connectivity index (χ1) is 13.5. The highest BCUT2D eigenvalue weighted by atomic mass is 127. The molecule has 3 N–H and O–H groups in total. The number of halogens is 1. The predicted octanol–water partition coefficient (Wildman–Crippen LogP) is 3.65. The molecule has 1 heterocycles. The second-order valence-corrected chi connectivity index (χ2v) is 7.74. The van der Waals surface area contributed by atoms with E-state index >= 15 is 0 Å². The van der Waals surface area contributed by atoms with Crippen LogP contribution in [0.15, 0.2) is 29.3 Å². The van der Waals surface area contributed by atoms with Crippen LogP contribution in [0.2, 0.25) is 0 Å². The smallest absolute Gasteiger partial charge is 0.225 e. The lowest BCUT2D eigenvalue weighted by Gasteiger charge is -2.30. The SMILES string of the molecule is CCNC(=NCC(C(CC)CC)N(C)C)NCC1CC(=O)Nc2ccccc21.I. The molecule has 0 fully saturated rings. The fourth-order valence-corrected chi connectivity index (χ4v) is 4.00. The van der Waals surface area contributed by atoms with Gasteiger partial charge < -0.3 is 20.9 Å². The van der Waals surface area contributed by atoms with Crippen LogP contribution in [0, 0.1) is 5.92 Å². The summed E-state index contributed by atoms with van der Waals surface area (Å²) in [4.78, 5) is 19.2. The normalized spacial score (nSPS) is 17.4. The molecule has 2 rings (SSSR count). The second-order valence-electron chi connectivity index (χ2n) is 7.74. The molecule has 0 spiro atoms. The Labute approximate surface area is 193 Å². The van der Waals surface area contributed by atoms with Crippen LogP contribution in [0.5, 0.6) is 0 Å². The van der Waals surface area contributed by atoms with Crippen LogP contribution >= 0.6 is 24.0 Å². The highest BCUT2D eigenvalue weighted by molar-refractivity contribution is 14.0. The molecule has 0 aliphatic carbocycles. The predicted molar refractivity (Wildman–Crippen MR) is 133 cm³/mol. The Morgan fingerprint density at radius 2 is 1.90 bits per heavy atom. The molecule has 0 saturated heterocycles. The molecule has 29 heavy (non-hydrogen) atoms. The molecule has 7 heteroatoms. The molecule has 1 aromatic rings. The van der Waals surface area contributed by atoms with E-state index in [2.05, 4.69) is 61.8 Å². The number of guanidine groups is 1. The number of amides is 1. The average molecular weight is 515 g/mol.